The van der Waals surface area contributed by atoms with Gasteiger partial charge in [-0.15, -0.1) is 5.10 Å². The lowest BCUT2D eigenvalue weighted by Gasteiger charge is -2.21. The molecule has 0 bridgehead atoms. The molecule has 0 amide bonds. The fraction of sp³-hybridized carbons (Fsp3) is 0.769. The van der Waals surface area contributed by atoms with Gasteiger partial charge in [0.1, 0.15) is 5.54 Å². The number of ether oxygens (including phenoxy) is 1. The average molecular weight is 316 g/mol. The average Bonchev–Trinajstić information content (AvgIpc) is 2.76. The van der Waals surface area contributed by atoms with Crippen LogP contribution in [-0.2, 0) is 9.53 Å². The summed E-state index contributed by atoms with van der Waals surface area (Å²) in [7, 11) is 0. The molecule has 1 heterocycles. The largest absolute Gasteiger partial charge is 0.465 e. The molecule has 1 rings (SSSR count). The zero-order valence-electron chi connectivity index (χ0n) is 13.0. The molecule has 8 heteroatoms. The van der Waals surface area contributed by atoms with Crippen LogP contribution in [0.4, 0.5) is 0 Å². The Kier molecular flexibility index (Phi) is 6.47. The summed E-state index contributed by atoms with van der Waals surface area (Å²) in [6.07, 6.45) is 1.25. The molecule has 120 valence electrons. The van der Waals surface area contributed by atoms with Crippen LogP contribution in [0.5, 0.6) is 0 Å². The number of hydrogen-bond donors (Lipinski definition) is 2. The molecule has 0 saturated carbocycles. The van der Waals surface area contributed by atoms with E-state index >= 15 is 0 Å². The second-order valence-corrected chi connectivity index (χ2v) is 6.43. The molecule has 1 unspecified atom stereocenters. The van der Waals surface area contributed by atoms with Crippen LogP contribution in [0.15, 0.2) is 9.95 Å². The first-order valence-electron chi connectivity index (χ1n) is 7.05. The summed E-state index contributed by atoms with van der Waals surface area (Å²) < 4.78 is 6.55. The Labute approximate surface area is 128 Å². The van der Waals surface area contributed by atoms with Crippen molar-refractivity contribution in [3.8, 4) is 0 Å². The number of H-pyrrole nitrogens is 1. The van der Waals surface area contributed by atoms with Crippen molar-refractivity contribution in [1.82, 2.24) is 14.8 Å². The number of nitrogens with two attached hydrogens (primary N) is 1. The monoisotopic (exact) mass is 316 g/mol. The zero-order chi connectivity index (χ0) is 16.0. The molecule has 0 aliphatic carbocycles. The molecule has 0 fully saturated rings. The van der Waals surface area contributed by atoms with Crippen molar-refractivity contribution in [2.75, 3.05) is 12.4 Å². The molecule has 0 saturated heterocycles. The molecule has 1 aromatic rings. The predicted molar refractivity (Wildman–Crippen MR) is 82.4 cm³/mol. The number of aromatic amines is 1. The summed E-state index contributed by atoms with van der Waals surface area (Å²) in [5.74, 6) is 0.345. The molecule has 7 nitrogen and oxygen atoms in total. The normalized spacial score (nSPS) is 14.2. The number of carbonyl (C=O) groups is 1. The Balaban J connectivity index is 2.48. The van der Waals surface area contributed by atoms with Gasteiger partial charge in [-0.25, -0.2) is 9.89 Å². The highest BCUT2D eigenvalue weighted by molar-refractivity contribution is 7.99. The number of aromatic nitrogens is 3. The number of nitrogens with one attached hydrogen (secondary N) is 1. The van der Waals surface area contributed by atoms with E-state index in [-0.39, 0.29) is 17.7 Å². The van der Waals surface area contributed by atoms with Crippen molar-refractivity contribution in [3.63, 3.8) is 0 Å². The van der Waals surface area contributed by atoms with Gasteiger partial charge in [0, 0.05) is 11.8 Å². The Hall–Kier alpha value is -1.28. The molecule has 0 aliphatic rings. The minimum absolute atomic E-state index is 0.0538. The molecule has 0 aromatic carbocycles. The Morgan fingerprint density at radius 3 is 2.81 bits per heavy atom. The lowest BCUT2D eigenvalue weighted by Crippen LogP contribution is -2.46. The molecule has 0 spiro atoms. The van der Waals surface area contributed by atoms with E-state index in [0.29, 0.717) is 18.2 Å². The van der Waals surface area contributed by atoms with E-state index in [4.69, 9.17) is 10.5 Å². The van der Waals surface area contributed by atoms with E-state index in [2.05, 4.69) is 10.2 Å². The molecule has 3 N–H and O–H groups in total. The summed E-state index contributed by atoms with van der Waals surface area (Å²) >= 11 is 1.47. The van der Waals surface area contributed by atoms with E-state index in [9.17, 15) is 9.59 Å². The van der Waals surface area contributed by atoms with Gasteiger partial charge in [0.2, 0.25) is 0 Å². The van der Waals surface area contributed by atoms with E-state index in [1.165, 1.54) is 11.8 Å². The Morgan fingerprint density at radius 1 is 1.57 bits per heavy atom. The molecule has 1 aromatic heterocycles. The highest BCUT2D eigenvalue weighted by atomic mass is 32.2. The predicted octanol–water partition coefficient (Wildman–Crippen LogP) is 1.31. The summed E-state index contributed by atoms with van der Waals surface area (Å²) in [4.78, 5) is 23.2. The summed E-state index contributed by atoms with van der Waals surface area (Å²) in [5.41, 5.74) is 4.77. The SMILES string of the molecule is CCOC(=O)C(C)(N)CCCSc1n[nH]c(=O)n1C(C)C. The highest BCUT2D eigenvalue weighted by Crippen LogP contribution is 2.20. The van der Waals surface area contributed by atoms with Crippen LogP contribution in [0.3, 0.4) is 0 Å². The van der Waals surface area contributed by atoms with Gasteiger partial charge in [0.15, 0.2) is 5.16 Å². The lowest BCUT2D eigenvalue weighted by atomic mass is 9.98. The van der Waals surface area contributed by atoms with Gasteiger partial charge >= 0.3 is 11.7 Å². The second kappa shape index (κ2) is 7.65. The fourth-order valence-electron chi connectivity index (χ4n) is 1.85. The van der Waals surface area contributed by atoms with Crippen molar-refractivity contribution >= 4 is 17.7 Å². The topological polar surface area (TPSA) is 103 Å². The standard InChI is InChI=1S/C13H24N4O3S/c1-5-20-10(18)13(4,14)7-6-8-21-12-16-15-11(19)17(12)9(2)3/h9H,5-8,14H2,1-4H3,(H,15,19). The van der Waals surface area contributed by atoms with Crippen LogP contribution < -0.4 is 11.4 Å². The van der Waals surface area contributed by atoms with Crippen molar-refractivity contribution in [2.45, 2.75) is 57.3 Å². The van der Waals surface area contributed by atoms with Crippen LogP contribution in [0.1, 0.15) is 46.6 Å². The Morgan fingerprint density at radius 2 is 2.24 bits per heavy atom. The van der Waals surface area contributed by atoms with Crippen molar-refractivity contribution in [1.29, 1.82) is 0 Å². The number of rotatable bonds is 8. The number of nitrogens with zero attached hydrogens (tertiary/aromatic N) is 2. The summed E-state index contributed by atoms with van der Waals surface area (Å²) in [6, 6.07) is 0.0538. The molecular formula is C13H24N4O3S. The summed E-state index contributed by atoms with van der Waals surface area (Å²) in [6.45, 7) is 7.62. The number of thioether (sulfide) groups is 1. The van der Waals surface area contributed by atoms with E-state index in [1.807, 2.05) is 13.8 Å². The minimum Gasteiger partial charge on any atom is -0.465 e. The van der Waals surface area contributed by atoms with Crippen LogP contribution in [0.25, 0.3) is 0 Å². The van der Waals surface area contributed by atoms with Gasteiger partial charge < -0.3 is 10.5 Å². The number of esters is 1. The molecule has 0 radical (unpaired) electrons. The smallest absolute Gasteiger partial charge is 0.344 e. The summed E-state index contributed by atoms with van der Waals surface area (Å²) in [5, 5.41) is 7.11. The first-order chi connectivity index (χ1) is 9.79. The maximum absolute atomic E-state index is 11.7. The molecule has 1 atom stereocenters. The van der Waals surface area contributed by atoms with Gasteiger partial charge in [0.05, 0.1) is 6.61 Å². The molecule has 0 aliphatic heterocycles. The lowest BCUT2D eigenvalue weighted by molar-refractivity contribution is -0.149. The first-order valence-corrected chi connectivity index (χ1v) is 8.04. The van der Waals surface area contributed by atoms with E-state index in [1.54, 1.807) is 18.4 Å². The van der Waals surface area contributed by atoms with Gasteiger partial charge in [-0.1, -0.05) is 11.8 Å². The van der Waals surface area contributed by atoms with Gasteiger partial charge in [-0.05, 0) is 40.5 Å². The first kappa shape index (κ1) is 17.8. The van der Waals surface area contributed by atoms with Crippen molar-refractivity contribution in [3.05, 3.63) is 10.5 Å². The minimum atomic E-state index is -0.972. The fourth-order valence-corrected chi connectivity index (χ4v) is 2.86. The van der Waals surface area contributed by atoms with Gasteiger partial charge in [0.25, 0.3) is 0 Å². The third-order valence-electron chi connectivity index (χ3n) is 3.00. The molecule has 21 heavy (non-hydrogen) atoms. The van der Waals surface area contributed by atoms with E-state index < -0.39 is 5.54 Å². The van der Waals surface area contributed by atoms with Crippen LogP contribution in [0.2, 0.25) is 0 Å². The third kappa shape index (κ3) is 4.89. The van der Waals surface area contributed by atoms with Gasteiger partial charge in [-0.3, -0.25) is 9.36 Å². The zero-order valence-corrected chi connectivity index (χ0v) is 13.8. The van der Waals surface area contributed by atoms with Crippen molar-refractivity contribution < 1.29 is 9.53 Å². The van der Waals surface area contributed by atoms with Crippen LogP contribution in [-0.4, -0.2) is 38.6 Å². The van der Waals surface area contributed by atoms with Crippen LogP contribution in [0, 0.1) is 0 Å². The van der Waals surface area contributed by atoms with Gasteiger partial charge in [-0.2, -0.15) is 0 Å². The molecular weight excluding hydrogens is 292 g/mol. The van der Waals surface area contributed by atoms with Crippen molar-refractivity contribution in [2.24, 2.45) is 5.73 Å². The number of hydrogen-bond acceptors (Lipinski definition) is 6. The number of carbonyl (C=O) groups excluding carboxylic acids is 1. The van der Waals surface area contributed by atoms with Crippen LogP contribution >= 0.6 is 11.8 Å². The quantitative estimate of drug-likeness (QED) is 0.426. The highest BCUT2D eigenvalue weighted by Gasteiger charge is 2.29. The maximum Gasteiger partial charge on any atom is 0.344 e. The third-order valence-corrected chi connectivity index (χ3v) is 4.04. The maximum atomic E-state index is 11.7. The Bertz CT molecular complexity index is 522. The second-order valence-electron chi connectivity index (χ2n) is 5.37. The van der Waals surface area contributed by atoms with E-state index in [0.717, 1.165) is 12.2 Å².